The number of amidine groups is 1. The van der Waals surface area contributed by atoms with Gasteiger partial charge in [-0.1, -0.05) is 47.6 Å². The number of methoxy groups -OCH3 is 1. The van der Waals surface area contributed by atoms with Crippen LogP contribution in [0.5, 0.6) is 0 Å². The number of benzene rings is 1. The molecule has 0 aliphatic carbocycles. The molecule has 1 aromatic carbocycles. The number of carbonyl (C=O) groups excluding carboxylic acids is 2. The number of aliphatic imine (C=N–C) groups is 1. The number of nitrogens with one attached hydrogen (secondary N) is 1. The molecule has 32 heavy (non-hydrogen) atoms. The normalized spacial score (nSPS) is 17.5. The molecule has 0 bridgehead atoms. The second-order valence-electron chi connectivity index (χ2n) is 7.18. The number of thioether (sulfide) groups is 1. The van der Waals surface area contributed by atoms with Crippen LogP contribution in [-0.4, -0.2) is 34.0 Å². The Hall–Kier alpha value is -3.10. The van der Waals surface area contributed by atoms with E-state index in [1.807, 2.05) is 46.7 Å². The number of carbonyl (C=O) groups is 2. The van der Waals surface area contributed by atoms with E-state index in [9.17, 15) is 9.59 Å². The summed E-state index contributed by atoms with van der Waals surface area (Å²) in [6.45, 7) is 2.11. The SMILES string of the molecule is COC(=O)C1=C(C)N=C2SC=C(CC(=O)NCc3ccccn3)N2C1c1ccccc1Cl. The van der Waals surface area contributed by atoms with E-state index in [4.69, 9.17) is 16.3 Å². The maximum Gasteiger partial charge on any atom is 0.338 e. The standard InChI is InChI=1S/C23H21ClN4O3S/c1-14-20(22(30)31-2)21(17-8-3-4-9-18(17)24)28-16(13-32-23(28)27-14)11-19(29)26-12-15-7-5-6-10-25-15/h3-10,13,21H,11-12H2,1-2H3,(H,26,29). The van der Waals surface area contributed by atoms with Gasteiger partial charge in [0.15, 0.2) is 5.17 Å². The summed E-state index contributed by atoms with van der Waals surface area (Å²) in [5.74, 6) is -0.640. The number of ether oxygens (including phenoxy) is 1. The van der Waals surface area contributed by atoms with Crippen molar-refractivity contribution in [2.75, 3.05) is 7.11 Å². The van der Waals surface area contributed by atoms with Crippen LogP contribution in [0.2, 0.25) is 5.02 Å². The first-order valence-electron chi connectivity index (χ1n) is 9.93. The van der Waals surface area contributed by atoms with Gasteiger partial charge in [0.1, 0.15) is 0 Å². The van der Waals surface area contributed by atoms with Gasteiger partial charge in [0.05, 0.1) is 43.1 Å². The molecule has 0 saturated carbocycles. The minimum Gasteiger partial charge on any atom is -0.466 e. The minimum absolute atomic E-state index is 0.118. The first kappa shape index (κ1) is 22.1. The maximum absolute atomic E-state index is 12.7. The van der Waals surface area contributed by atoms with Gasteiger partial charge in [-0.05, 0) is 36.1 Å². The summed E-state index contributed by atoms with van der Waals surface area (Å²) in [6.07, 6.45) is 1.80. The zero-order valence-corrected chi connectivity index (χ0v) is 19.1. The molecule has 0 spiro atoms. The number of hydrogen-bond donors (Lipinski definition) is 1. The van der Waals surface area contributed by atoms with E-state index >= 15 is 0 Å². The highest BCUT2D eigenvalue weighted by atomic mass is 35.5. The van der Waals surface area contributed by atoms with E-state index in [1.54, 1.807) is 19.2 Å². The van der Waals surface area contributed by atoms with Gasteiger partial charge in [-0.25, -0.2) is 9.79 Å². The fourth-order valence-electron chi connectivity index (χ4n) is 3.65. The topological polar surface area (TPSA) is 83.9 Å². The van der Waals surface area contributed by atoms with Gasteiger partial charge in [-0.2, -0.15) is 0 Å². The van der Waals surface area contributed by atoms with E-state index < -0.39 is 12.0 Å². The Labute approximate surface area is 195 Å². The van der Waals surface area contributed by atoms with Crippen LogP contribution in [0.4, 0.5) is 0 Å². The van der Waals surface area contributed by atoms with Crippen molar-refractivity contribution in [3.8, 4) is 0 Å². The van der Waals surface area contributed by atoms with E-state index in [2.05, 4.69) is 15.3 Å². The van der Waals surface area contributed by atoms with Gasteiger partial charge in [-0.15, -0.1) is 0 Å². The van der Waals surface area contributed by atoms with Crippen LogP contribution in [-0.2, 0) is 20.9 Å². The molecular formula is C23H21ClN4O3S. The Morgan fingerprint density at radius 2 is 2.00 bits per heavy atom. The molecule has 1 atom stereocenters. The van der Waals surface area contributed by atoms with Crippen LogP contribution in [0.1, 0.15) is 30.6 Å². The summed E-state index contributed by atoms with van der Waals surface area (Å²) in [5, 5.41) is 5.98. The van der Waals surface area contributed by atoms with Crippen LogP contribution in [0.3, 0.4) is 0 Å². The minimum atomic E-state index is -0.548. The van der Waals surface area contributed by atoms with E-state index in [1.165, 1.54) is 18.9 Å². The predicted molar refractivity (Wildman–Crippen MR) is 125 cm³/mol. The van der Waals surface area contributed by atoms with E-state index in [-0.39, 0.29) is 12.3 Å². The van der Waals surface area contributed by atoms with Crippen molar-refractivity contribution in [1.29, 1.82) is 0 Å². The molecule has 2 aliphatic rings. The van der Waals surface area contributed by atoms with Gasteiger partial charge < -0.3 is 15.0 Å². The lowest BCUT2D eigenvalue weighted by Gasteiger charge is -2.36. The summed E-state index contributed by atoms with van der Waals surface area (Å²) in [4.78, 5) is 36.1. The lowest BCUT2D eigenvalue weighted by Crippen LogP contribution is -2.38. The first-order chi connectivity index (χ1) is 15.5. The van der Waals surface area contributed by atoms with Gasteiger partial charge in [-0.3, -0.25) is 9.78 Å². The summed E-state index contributed by atoms with van der Waals surface area (Å²) in [6, 6.07) is 12.3. The quantitative estimate of drug-likeness (QED) is 0.640. The molecule has 2 aliphatic heterocycles. The molecule has 1 unspecified atom stereocenters. The third-order valence-electron chi connectivity index (χ3n) is 5.14. The van der Waals surface area contributed by atoms with Crippen LogP contribution in [0, 0.1) is 0 Å². The predicted octanol–water partition coefficient (Wildman–Crippen LogP) is 4.19. The van der Waals surface area contributed by atoms with Crippen molar-refractivity contribution < 1.29 is 14.3 Å². The third-order valence-corrected chi connectivity index (χ3v) is 6.37. The Kier molecular flexibility index (Phi) is 6.62. The molecule has 9 heteroatoms. The number of hydrogen-bond acceptors (Lipinski definition) is 7. The van der Waals surface area contributed by atoms with Crippen LogP contribution in [0.25, 0.3) is 0 Å². The van der Waals surface area contributed by atoms with E-state index in [0.29, 0.717) is 28.0 Å². The highest BCUT2D eigenvalue weighted by Gasteiger charge is 2.41. The molecule has 1 N–H and O–H groups in total. The van der Waals surface area contributed by atoms with Crippen LogP contribution in [0.15, 0.2) is 76.0 Å². The Balaban J connectivity index is 1.62. The maximum atomic E-state index is 12.7. The average molecular weight is 469 g/mol. The first-order valence-corrected chi connectivity index (χ1v) is 11.2. The van der Waals surface area contributed by atoms with Gasteiger partial charge in [0.25, 0.3) is 0 Å². The van der Waals surface area contributed by atoms with Crippen molar-refractivity contribution in [1.82, 2.24) is 15.2 Å². The van der Waals surface area contributed by atoms with Crippen molar-refractivity contribution in [2.45, 2.75) is 25.9 Å². The molecule has 0 saturated heterocycles. The van der Waals surface area contributed by atoms with Gasteiger partial charge >= 0.3 is 5.97 Å². The molecule has 1 amide bonds. The number of fused-ring (bicyclic) bond motifs is 1. The lowest BCUT2D eigenvalue weighted by atomic mass is 9.94. The summed E-state index contributed by atoms with van der Waals surface area (Å²) < 4.78 is 5.06. The number of aromatic nitrogens is 1. The molecule has 1 aromatic heterocycles. The smallest absolute Gasteiger partial charge is 0.338 e. The summed E-state index contributed by atoms with van der Waals surface area (Å²) >= 11 is 7.94. The molecule has 164 valence electrons. The molecule has 0 fully saturated rings. The zero-order valence-electron chi connectivity index (χ0n) is 17.5. The van der Waals surface area contributed by atoms with Gasteiger partial charge in [0.2, 0.25) is 5.91 Å². The second-order valence-corrected chi connectivity index (χ2v) is 8.42. The third kappa shape index (κ3) is 4.42. The van der Waals surface area contributed by atoms with Crippen molar-refractivity contribution in [3.05, 3.63) is 87.3 Å². The summed E-state index contributed by atoms with van der Waals surface area (Å²) in [5.41, 5.74) is 3.20. The zero-order chi connectivity index (χ0) is 22.7. The lowest BCUT2D eigenvalue weighted by molar-refractivity contribution is -0.136. The number of pyridine rings is 1. The van der Waals surface area contributed by atoms with Crippen molar-refractivity contribution in [2.24, 2.45) is 4.99 Å². The number of halogens is 1. The Morgan fingerprint density at radius 1 is 1.22 bits per heavy atom. The van der Waals surface area contributed by atoms with Crippen molar-refractivity contribution >= 4 is 40.4 Å². The van der Waals surface area contributed by atoms with E-state index in [0.717, 1.165) is 17.0 Å². The number of rotatable bonds is 6. The number of nitrogens with zero attached hydrogens (tertiary/aromatic N) is 3. The molecule has 4 rings (SSSR count). The fraction of sp³-hybridized carbons (Fsp3) is 0.217. The van der Waals surface area contributed by atoms with Crippen LogP contribution >= 0.6 is 23.4 Å². The highest BCUT2D eigenvalue weighted by molar-refractivity contribution is 8.16. The highest BCUT2D eigenvalue weighted by Crippen LogP contribution is 2.46. The number of amides is 1. The number of esters is 1. The molecule has 7 nitrogen and oxygen atoms in total. The summed E-state index contributed by atoms with van der Waals surface area (Å²) in [7, 11) is 1.34. The Morgan fingerprint density at radius 3 is 2.72 bits per heavy atom. The van der Waals surface area contributed by atoms with Gasteiger partial charge in [0, 0.05) is 16.9 Å². The molecular weight excluding hydrogens is 448 g/mol. The largest absolute Gasteiger partial charge is 0.466 e. The molecule has 2 aromatic rings. The molecule has 3 heterocycles. The monoisotopic (exact) mass is 468 g/mol. The Bertz CT molecular complexity index is 1150. The van der Waals surface area contributed by atoms with Crippen molar-refractivity contribution in [3.63, 3.8) is 0 Å². The molecule has 0 radical (unpaired) electrons. The van der Waals surface area contributed by atoms with Crippen LogP contribution < -0.4 is 5.32 Å². The average Bonchev–Trinajstić information content (AvgIpc) is 3.19. The number of allylic oxidation sites excluding steroid dienone is 1. The fourth-order valence-corrected chi connectivity index (χ4v) is 4.85. The second kappa shape index (κ2) is 9.58.